The van der Waals surface area contributed by atoms with Crippen LogP contribution in [-0.2, 0) is 25.6 Å². The Balaban J connectivity index is 1.46. The zero-order chi connectivity index (χ0) is 21.6. The van der Waals surface area contributed by atoms with Crippen LogP contribution in [-0.4, -0.2) is 60.4 Å². The first-order chi connectivity index (χ1) is 15.1. The van der Waals surface area contributed by atoms with E-state index in [1.807, 2.05) is 35.2 Å². The molecule has 0 aliphatic carbocycles. The van der Waals surface area contributed by atoms with Crippen molar-refractivity contribution in [2.45, 2.75) is 25.5 Å². The van der Waals surface area contributed by atoms with Crippen LogP contribution in [0.5, 0.6) is 0 Å². The van der Waals surface area contributed by atoms with Gasteiger partial charge in [0.1, 0.15) is 0 Å². The molecule has 2 amide bonds. The molecule has 0 spiro atoms. The van der Waals surface area contributed by atoms with Crippen molar-refractivity contribution in [3.05, 3.63) is 71.3 Å². The molecule has 2 aliphatic rings. The van der Waals surface area contributed by atoms with Crippen molar-refractivity contribution >= 4 is 17.8 Å². The zero-order valence-corrected chi connectivity index (χ0v) is 17.4. The predicted molar refractivity (Wildman–Crippen MR) is 113 cm³/mol. The fourth-order valence-electron chi connectivity index (χ4n) is 3.85. The minimum atomic E-state index is -1.01. The van der Waals surface area contributed by atoms with Gasteiger partial charge in [-0.2, -0.15) is 0 Å². The Hall–Kier alpha value is -3.19. The Morgan fingerprint density at radius 1 is 0.968 bits per heavy atom. The Kier molecular flexibility index (Phi) is 6.62. The minimum absolute atomic E-state index is 0.163. The van der Waals surface area contributed by atoms with E-state index in [1.54, 1.807) is 29.2 Å². The van der Waals surface area contributed by atoms with Gasteiger partial charge in [-0.15, -0.1) is 0 Å². The predicted octanol–water partition coefficient (Wildman–Crippen LogP) is 2.57. The minimum Gasteiger partial charge on any atom is -0.444 e. The van der Waals surface area contributed by atoms with E-state index in [0.29, 0.717) is 50.4 Å². The van der Waals surface area contributed by atoms with Gasteiger partial charge in [0.15, 0.2) is 0 Å². The van der Waals surface area contributed by atoms with Gasteiger partial charge in [0.05, 0.1) is 18.8 Å². The van der Waals surface area contributed by atoms with E-state index < -0.39 is 12.1 Å². The molecule has 0 bridgehead atoms. The number of carbonyl (C=O) groups excluding carboxylic acids is 3. The molecular formula is C24H26N2O5. The van der Waals surface area contributed by atoms with Gasteiger partial charge in [0.25, 0.3) is 5.91 Å². The summed E-state index contributed by atoms with van der Waals surface area (Å²) in [6, 6.07) is 16.1. The SMILES string of the molecule is O=C(O[C@H](C(=O)N1CCOCC1)c1ccccc1)c1ccc(CN2CCCC2=O)cc1. The van der Waals surface area contributed by atoms with Crippen LogP contribution in [0.2, 0.25) is 0 Å². The molecule has 1 atom stereocenters. The van der Waals surface area contributed by atoms with Gasteiger partial charge in [-0.25, -0.2) is 4.79 Å². The van der Waals surface area contributed by atoms with Gasteiger partial charge >= 0.3 is 5.97 Å². The topological polar surface area (TPSA) is 76.2 Å². The summed E-state index contributed by atoms with van der Waals surface area (Å²) in [4.78, 5) is 41.2. The van der Waals surface area contributed by atoms with Gasteiger partial charge in [-0.05, 0) is 24.1 Å². The van der Waals surface area contributed by atoms with E-state index in [0.717, 1.165) is 18.5 Å². The second-order valence-electron chi connectivity index (χ2n) is 7.75. The summed E-state index contributed by atoms with van der Waals surface area (Å²) >= 11 is 0. The number of amides is 2. The largest absolute Gasteiger partial charge is 0.444 e. The number of benzene rings is 2. The molecule has 0 aromatic heterocycles. The standard InChI is InChI=1S/C24H26N2O5/c27-21-7-4-12-26(21)17-18-8-10-20(11-9-18)24(29)31-22(19-5-2-1-3-6-19)23(28)25-13-15-30-16-14-25/h1-3,5-6,8-11,22H,4,7,12-17H2/t22-/m0/s1. The van der Waals surface area contributed by atoms with Gasteiger partial charge in [-0.3, -0.25) is 9.59 Å². The first-order valence-electron chi connectivity index (χ1n) is 10.6. The molecular weight excluding hydrogens is 396 g/mol. The fraction of sp³-hybridized carbons (Fsp3) is 0.375. The van der Waals surface area contributed by atoms with Crippen molar-refractivity contribution in [2.75, 3.05) is 32.8 Å². The maximum atomic E-state index is 13.1. The number of carbonyl (C=O) groups is 3. The van der Waals surface area contributed by atoms with Crippen molar-refractivity contribution in [1.29, 1.82) is 0 Å². The monoisotopic (exact) mass is 422 g/mol. The number of esters is 1. The van der Waals surface area contributed by atoms with Gasteiger partial charge in [0, 0.05) is 38.2 Å². The highest BCUT2D eigenvalue weighted by Gasteiger charge is 2.31. The lowest BCUT2D eigenvalue weighted by molar-refractivity contribution is -0.145. The highest BCUT2D eigenvalue weighted by atomic mass is 16.5. The van der Waals surface area contributed by atoms with E-state index in [9.17, 15) is 14.4 Å². The number of likely N-dealkylation sites (tertiary alicyclic amines) is 1. The van der Waals surface area contributed by atoms with Crippen LogP contribution in [0.25, 0.3) is 0 Å². The average Bonchev–Trinajstić information content (AvgIpc) is 3.22. The summed E-state index contributed by atoms with van der Waals surface area (Å²) in [5, 5.41) is 0. The molecule has 2 fully saturated rings. The second-order valence-corrected chi connectivity index (χ2v) is 7.75. The molecule has 4 rings (SSSR count). The first-order valence-corrected chi connectivity index (χ1v) is 10.6. The van der Waals surface area contributed by atoms with E-state index in [1.165, 1.54) is 0 Å². The Morgan fingerprint density at radius 3 is 2.32 bits per heavy atom. The van der Waals surface area contributed by atoms with Crippen molar-refractivity contribution < 1.29 is 23.9 Å². The summed E-state index contributed by atoms with van der Waals surface area (Å²) in [5.41, 5.74) is 1.96. The lowest BCUT2D eigenvalue weighted by Crippen LogP contribution is -2.44. The maximum Gasteiger partial charge on any atom is 0.339 e. The van der Waals surface area contributed by atoms with Crippen LogP contribution in [0.4, 0.5) is 0 Å². The quantitative estimate of drug-likeness (QED) is 0.669. The average molecular weight is 422 g/mol. The fourth-order valence-corrected chi connectivity index (χ4v) is 3.85. The first kappa shape index (κ1) is 21.1. The van der Waals surface area contributed by atoms with E-state index in [2.05, 4.69) is 0 Å². The van der Waals surface area contributed by atoms with Crippen molar-refractivity contribution in [3.63, 3.8) is 0 Å². The third-order valence-corrected chi connectivity index (χ3v) is 5.61. The number of hydrogen-bond acceptors (Lipinski definition) is 5. The van der Waals surface area contributed by atoms with Crippen LogP contribution >= 0.6 is 0 Å². The van der Waals surface area contributed by atoms with E-state index >= 15 is 0 Å². The highest BCUT2D eigenvalue weighted by molar-refractivity contribution is 5.92. The molecule has 0 radical (unpaired) electrons. The summed E-state index contributed by atoms with van der Waals surface area (Å²) < 4.78 is 11.0. The third kappa shape index (κ3) is 5.11. The molecule has 2 heterocycles. The van der Waals surface area contributed by atoms with E-state index in [4.69, 9.17) is 9.47 Å². The molecule has 7 heteroatoms. The number of ether oxygens (including phenoxy) is 2. The van der Waals surface area contributed by atoms with Gasteiger partial charge in [0.2, 0.25) is 12.0 Å². The molecule has 0 unspecified atom stereocenters. The maximum absolute atomic E-state index is 13.1. The van der Waals surface area contributed by atoms with Crippen molar-refractivity contribution in [2.24, 2.45) is 0 Å². The van der Waals surface area contributed by atoms with Crippen molar-refractivity contribution in [3.8, 4) is 0 Å². The number of hydrogen-bond donors (Lipinski definition) is 0. The third-order valence-electron chi connectivity index (χ3n) is 5.61. The van der Waals surface area contributed by atoms with Crippen molar-refractivity contribution in [1.82, 2.24) is 9.80 Å². The van der Waals surface area contributed by atoms with Crippen LogP contribution in [0.15, 0.2) is 54.6 Å². The summed E-state index contributed by atoms with van der Waals surface area (Å²) in [7, 11) is 0. The second kappa shape index (κ2) is 9.75. The summed E-state index contributed by atoms with van der Waals surface area (Å²) in [6.45, 7) is 3.21. The normalized spacial score (nSPS) is 17.5. The summed E-state index contributed by atoms with van der Waals surface area (Å²) in [6.07, 6.45) is 0.484. The molecule has 7 nitrogen and oxygen atoms in total. The molecule has 162 valence electrons. The molecule has 0 N–H and O–H groups in total. The Labute approximate surface area is 181 Å². The smallest absolute Gasteiger partial charge is 0.339 e. The molecule has 2 aromatic rings. The highest BCUT2D eigenvalue weighted by Crippen LogP contribution is 2.23. The Bertz CT molecular complexity index is 923. The van der Waals surface area contributed by atoms with E-state index in [-0.39, 0.29) is 11.8 Å². The lowest BCUT2D eigenvalue weighted by Gasteiger charge is -2.30. The van der Waals surface area contributed by atoms with Crippen LogP contribution in [0.1, 0.15) is 40.4 Å². The van der Waals surface area contributed by atoms with Crippen LogP contribution in [0.3, 0.4) is 0 Å². The Morgan fingerprint density at radius 2 is 1.68 bits per heavy atom. The molecule has 31 heavy (non-hydrogen) atoms. The number of rotatable bonds is 6. The molecule has 2 aliphatic heterocycles. The molecule has 0 saturated carbocycles. The van der Waals surface area contributed by atoms with Gasteiger partial charge < -0.3 is 19.3 Å². The molecule has 2 saturated heterocycles. The zero-order valence-electron chi connectivity index (χ0n) is 17.4. The summed E-state index contributed by atoms with van der Waals surface area (Å²) in [5.74, 6) is -0.637. The lowest BCUT2D eigenvalue weighted by atomic mass is 10.1. The number of morpholine rings is 1. The number of nitrogens with zero attached hydrogens (tertiary/aromatic N) is 2. The molecule has 2 aromatic carbocycles. The van der Waals surface area contributed by atoms with Crippen LogP contribution < -0.4 is 0 Å². The van der Waals surface area contributed by atoms with Gasteiger partial charge in [-0.1, -0.05) is 42.5 Å². The van der Waals surface area contributed by atoms with Crippen LogP contribution in [0, 0.1) is 0 Å².